The molecule has 5 rings (SSSR count). The molecule has 2 heterocycles. The SMILES string of the molecule is C=CC1=C[C@H](O)C[C@@H]2C(C)(C)[C@H]3O[C@@]2(C[C@@H]3OCc2ccccc2)[C@H]1OCc1ccc(OC)cc1. The van der Waals surface area contributed by atoms with Crippen LogP contribution in [0.4, 0.5) is 0 Å². The van der Waals surface area contributed by atoms with Crippen LogP contribution in [-0.4, -0.2) is 42.2 Å². The number of ether oxygens (including phenoxy) is 4. The lowest BCUT2D eigenvalue weighted by Gasteiger charge is -2.46. The Kier molecular flexibility index (Phi) is 6.62. The summed E-state index contributed by atoms with van der Waals surface area (Å²) in [7, 11) is 1.66. The third-order valence-corrected chi connectivity index (χ3v) is 8.15. The van der Waals surface area contributed by atoms with Gasteiger partial charge in [0.15, 0.2) is 0 Å². The highest BCUT2D eigenvalue weighted by molar-refractivity contribution is 5.34. The minimum atomic E-state index is -0.584. The summed E-state index contributed by atoms with van der Waals surface area (Å²) in [6.07, 6.45) is 4.03. The van der Waals surface area contributed by atoms with Crippen LogP contribution >= 0.6 is 0 Å². The van der Waals surface area contributed by atoms with E-state index in [0.717, 1.165) is 28.9 Å². The zero-order chi connectivity index (χ0) is 24.6. The highest BCUT2D eigenvalue weighted by Gasteiger charge is 2.71. The summed E-state index contributed by atoms with van der Waals surface area (Å²) in [6, 6.07) is 18.2. The first kappa shape index (κ1) is 24.3. The maximum atomic E-state index is 10.9. The Bertz CT molecular complexity index is 1060. The molecule has 2 saturated heterocycles. The number of hydrogen-bond donors (Lipinski definition) is 1. The van der Waals surface area contributed by atoms with Gasteiger partial charge in [-0.3, -0.25) is 0 Å². The van der Waals surface area contributed by atoms with Gasteiger partial charge in [0, 0.05) is 12.3 Å². The van der Waals surface area contributed by atoms with E-state index in [1.54, 1.807) is 13.2 Å². The van der Waals surface area contributed by atoms with Gasteiger partial charge in [0.2, 0.25) is 0 Å². The van der Waals surface area contributed by atoms with Gasteiger partial charge in [-0.05, 0) is 40.7 Å². The monoisotopic (exact) mass is 476 g/mol. The zero-order valence-electron chi connectivity index (χ0n) is 20.9. The lowest BCUT2D eigenvalue weighted by molar-refractivity contribution is -0.117. The number of rotatable bonds is 8. The predicted octanol–water partition coefficient (Wildman–Crippen LogP) is 5.23. The molecule has 2 aliphatic heterocycles. The molecule has 5 heteroatoms. The first-order valence-corrected chi connectivity index (χ1v) is 12.5. The van der Waals surface area contributed by atoms with Crippen LogP contribution in [0.2, 0.25) is 0 Å². The minimum absolute atomic E-state index is 0.0464. The van der Waals surface area contributed by atoms with Crippen LogP contribution in [0.3, 0.4) is 0 Å². The summed E-state index contributed by atoms with van der Waals surface area (Å²) in [4.78, 5) is 0. The number of aliphatic hydroxyl groups is 1. The van der Waals surface area contributed by atoms with Gasteiger partial charge in [0.25, 0.3) is 0 Å². The van der Waals surface area contributed by atoms with Crippen LogP contribution in [0.15, 0.2) is 78.9 Å². The number of benzene rings is 2. The lowest BCUT2D eigenvalue weighted by atomic mass is 9.59. The van der Waals surface area contributed by atoms with Gasteiger partial charge in [0.1, 0.15) is 17.5 Å². The number of methoxy groups -OCH3 is 1. The molecule has 2 bridgehead atoms. The molecule has 0 amide bonds. The van der Waals surface area contributed by atoms with E-state index in [-0.39, 0.29) is 29.6 Å². The molecule has 0 unspecified atom stereocenters. The summed E-state index contributed by atoms with van der Waals surface area (Å²) in [5, 5.41) is 10.9. The Morgan fingerprint density at radius 1 is 1.03 bits per heavy atom. The topological polar surface area (TPSA) is 57.2 Å². The van der Waals surface area contributed by atoms with Crippen LogP contribution < -0.4 is 4.74 Å². The fourth-order valence-electron chi connectivity index (χ4n) is 6.46. The average molecular weight is 477 g/mol. The quantitative estimate of drug-likeness (QED) is 0.566. The maximum Gasteiger partial charge on any atom is 0.118 e. The smallest absolute Gasteiger partial charge is 0.118 e. The van der Waals surface area contributed by atoms with Crippen molar-refractivity contribution in [2.45, 2.75) is 69.9 Å². The van der Waals surface area contributed by atoms with E-state index in [4.69, 9.17) is 18.9 Å². The van der Waals surface area contributed by atoms with Crippen molar-refractivity contribution in [2.75, 3.05) is 7.11 Å². The van der Waals surface area contributed by atoms with Crippen molar-refractivity contribution in [3.63, 3.8) is 0 Å². The lowest BCUT2D eigenvalue weighted by Crippen LogP contribution is -2.54. The van der Waals surface area contributed by atoms with Crippen molar-refractivity contribution in [1.82, 2.24) is 0 Å². The van der Waals surface area contributed by atoms with Crippen LogP contribution in [-0.2, 0) is 27.4 Å². The fraction of sp³-hybridized carbons (Fsp3) is 0.467. The van der Waals surface area contributed by atoms with E-state index >= 15 is 0 Å². The van der Waals surface area contributed by atoms with E-state index < -0.39 is 11.7 Å². The molecule has 0 radical (unpaired) electrons. The van der Waals surface area contributed by atoms with Gasteiger partial charge < -0.3 is 24.1 Å². The van der Waals surface area contributed by atoms with Gasteiger partial charge in [-0.15, -0.1) is 0 Å². The number of fused-ring (bicyclic) bond motifs is 1. The predicted molar refractivity (Wildman–Crippen MR) is 135 cm³/mol. The minimum Gasteiger partial charge on any atom is -0.497 e. The van der Waals surface area contributed by atoms with Crippen molar-refractivity contribution < 1.29 is 24.1 Å². The molecule has 2 aromatic carbocycles. The second-order valence-corrected chi connectivity index (χ2v) is 10.6. The van der Waals surface area contributed by atoms with Crippen LogP contribution in [0, 0.1) is 11.3 Å². The Labute approximate surface area is 208 Å². The first-order chi connectivity index (χ1) is 16.9. The molecular weight excluding hydrogens is 440 g/mol. The van der Waals surface area contributed by atoms with Gasteiger partial charge in [-0.1, -0.05) is 75.0 Å². The average Bonchev–Trinajstić information content (AvgIpc) is 3.31. The second kappa shape index (κ2) is 9.55. The highest BCUT2D eigenvalue weighted by Crippen LogP contribution is 2.63. The molecule has 3 aliphatic rings. The Morgan fingerprint density at radius 2 is 1.71 bits per heavy atom. The molecule has 1 N–H and O–H groups in total. The van der Waals surface area contributed by atoms with Crippen LogP contribution in [0.1, 0.15) is 37.8 Å². The van der Waals surface area contributed by atoms with Crippen molar-refractivity contribution in [3.8, 4) is 5.75 Å². The normalized spacial score (nSPS) is 33.0. The third kappa shape index (κ3) is 4.36. The molecule has 186 valence electrons. The summed E-state index contributed by atoms with van der Waals surface area (Å²) < 4.78 is 25.3. The molecular formula is C30H36O5. The largest absolute Gasteiger partial charge is 0.497 e. The molecule has 5 nitrogen and oxygen atoms in total. The summed E-state index contributed by atoms with van der Waals surface area (Å²) in [5.41, 5.74) is 2.33. The first-order valence-electron chi connectivity index (χ1n) is 12.5. The van der Waals surface area contributed by atoms with E-state index in [0.29, 0.717) is 19.6 Å². The Hall–Kier alpha value is -2.44. The van der Waals surface area contributed by atoms with E-state index in [1.807, 2.05) is 48.5 Å². The number of hydrogen-bond acceptors (Lipinski definition) is 5. The molecule has 1 spiro atoms. The number of aliphatic hydroxyl groups excluding tert-OH is 1. The second-order valence-electron chi connectivity index (χ2n) is 10.6. The van der Waals surface area contributed by atoms with Crippen molar-refractivity contribution in [1.29, 1.82) is 0 Å². The van der Waals surface area contributed by atoms with Crippen LogP contribution in [0.5, 0.6) is 5.75 Å². The zero-order valence-corrected chi connectivity index (χ0v) is 20.9. The van der Waals surface area contributed by atoms with Crippen molar-refractivity contribution in [2.24, 2.45) is 11.3 Å². The molecule has 35 heavy (non-hydrogen) atoms. The molecule has 0 aromatic heterocycles. The standard InChI is InChI=1S/C30H36O5/c1-5-22-15-23(31)16-26-29(2,3)28-25(33-18-20-9-7-6-8-10-20)17-30(26,35-28)27(22)34-19-21-11-13-24(32-4)14-12-21/h5-15,23,25-28,31H,1,16-19H2,2-4H3/t23-,25-,26+,27-,28-,30+/m0/s1. The van der Waals surface area contributed by atoms with Gasteiger partial charge in [0.05, 0.1) is 38.6 Å². The van der Waals surface area contributed by atoms with Gasteiger partial charge in [-0.25, -0.2) is 0 Å². The van der Waals surface area contributed by atoms with E-state index in [1.165, 1.54) is 0 Å². The molecule has 2 aromatic rings. The van der Waals surface area contributed by atoms with E-state index in [2.05, 4.69) is 32.6 Å². The Balaban J connectivity index is 1.43. The summed E-state index contributed by atoms with van der Waals surface area (Å²) in [6.45, 7) is 9.51. The fourth-order valence-corrected chi connectivity index (χ4v) is 6.46. The van der Waals surface area contributed by atoms with Crippen LogP contribution in [0.25, 0.3) is 0 Å². The third-order valence-electron chi connectivity index (χ3n) is 8.15. The highest BCUT2D eigenvalue weighted by atomic mass is 16.6. The molecule has 6 atom stereocenters. The van der Waals surface area contributed by atoms with E-state index in [9.17, 15) is 5.11 Å². The van der Waals surface area contributed by atoms with Crippen molar-refractivity contribution >= 4 is 0 Å². The maximum absolute atomic E-state index is 10.9. The molecule has 0 saturated carbocycles. The van der Waals surface area contributed by atoms with Crippen molar-refractivity contribution in [3.05, 3.63) is 90.0 Å². The summed E-state index contributed by atoms with van der Waals surface area (Å²) >= 11 is 0. The molecule has 2 fully saturated rings. The Morgan fingerprint density at radius 3 is 2.40 bits per heavy atom. The summed E-state index contributed by atoms with van der Waals surface area (Å²) in [5.74, 6) is 0.940. The van der Waals surface area contributed by atoms with Gasteiger partial charge >= 0.3 is 0 Å². The van der Waals surface area contributed by atoms with Gasteiger partial charge in [-0.2, -0.15) is 0 Å². The molecule has 1 aliphatic carbocycles.